The smallest absolute Gasteiger partial charge is 0.161 e. The van der Waals surface area contributed by atoms with E-state index in [0.29, 0.717) is 6.04 Å². The Morgan fingerprint density at radius 1 is 1.30 bits per heavy atom. The van der Waals surface area contributed by atoms with Crippen molar-refractivity contribution in [1.29, 1.82) is 0 Å². The number of hydrogen-bond donors (Lipinski definition) is 1. The molecule has 0 radical (unpaired) electrons. The Morgan fingerprint density at radius 2 is 2.05 bits per heavy atom. The van der Waals surface area contributed by atoms with Gasteiger partial charge < -0.3 is 14.8 Å². The molecule has 2 unspecified atom stereocenters. The lowest BCUT2D eigenvalue weighted by Crippen LogP contribution is -2.37. The monoisotopic (exact) mass is 295 g/mol. The standard InChI is InChI=1S/C16H25NO2S/c1-5-17-15(16(2)9-6-10-20-16)12-7-8-13(18-3)14(11-12)19-4/h7-8,11,15,17H,5-6,9-10H2,1-4H3. The summed E-state index contributed by atoms with van der Waals surface area (Å²) in [5.74, 6) is 2.85. The van der Waals surface area contributed by atoms with Crippen LogP contribution in [0.15, 0.2) is 18.2 Å². The summed E-state index contributed by atoms with van der Waals surface area (Å²) < 4.78 is 11.0. The van der Waals surface area contributed by atoms with E-state index in [0.717, 1.165) is 18.0 Å². The van der Waals surface area contributed by atoms with Gasteiger partial charge in [0.05, 0.1) is 14.2 Å². The van der Waals surface area contributed by atoms with Crippen molar-refractivity contribution in [3.8, 4) is 11.5 Å². The molecule has 1 aromatic carbocycles. The van der Waals surface area contributed by atoms with Crippen LogP contribution in [0.2, 0.25) is 0 Å². The average molecular weight is 295 g/mol. The second-order valence-corrected chi connectivity index (χ2v) is 7.00. The van der Waals surface area contributed by atoms with Crippen molar-refractivity contribution in [3.05, 3.63) is 23.8 Å². The van der Waals surface area contributed by atoms with E-state index in [1.54, 1.807) is 14.2 Å². The van der Waals surface area contributed by atoms with Gasteiger partial charge in [0, 0.05) is 10.8 Å². The maximum Gasteiger partial charge on any atom is 0.161 e. The lowest BCUT2D eigenvalue weighted by molar-refractivity contribution is 0.352. The average Bonchev–Trinajstić information content (AvgIpc) is 2.91. The zero-order valence-corrected chi connectivity index (χ0v) is 13.7. The van der Waals surface area contributed by atoms with Gasteiger partial charge in [0.15, 0.2) is 11.5 Å². The maximum absolute atomic E-state index is 5.44. The van der Waals surface area contributed by atoms with Crippen LogP contribution in [-0.4, -0.2) is 31.3 Å². The number of benzene rings is 1. The van der Waals surface area contributed by atoms with Crippen molar-refractivity contribution < 1.29 is 9.47 Å². The molecule has 2 rings (SSSR count). The second kappa shape index (κ2) is 6.72. The topological polar surface area (TPSA) is 30.5 Å². The van der Waals surface area contributed by atoms with Crippen molar-refractivity contribution in [2.45, 2.75) is 37.5 Å². The minimum absolute atomic E-state index is 0.260. The minimum Gasteiger partial charge on any atom is -0.493 e. The van der Waals surface area contributed by atoms with E-state index in [1.807, 2.05) is 6.07 Å². The number of rotatable bonds is 6. The Kier molecular flexibility index (Phi) is 5.22. The predicted octanol–water partition coefficient (Wildman–Crippen LogP) is 3.64. The molecule has 1 aliphatic rings. The Morgan fingerprint density at radius 3 is 2.60 bits per heavy atom. The fourth-order valence-corrected chi connectivity index (χ4v) is 4.38. The van der Waals surface area contributed by atoms with Crippen LogP contribution in [0.4, 0.5) is 0 Å². The zero-order valence-electron chi connectivity index (χ0n) is 12.9. The van der Waals surface area contributed by atoms with Gasteiger partial charge in [-0.05, 0) is 49.8 Å². The summed E-state index contributed by atoms with van der Waals surface area (Å²) in [5, 5.41) is 3.65. The van der Waals surface area contributed by atoms with Gasteiger partial charge in [0.2, 0.25) is 0 Å². The Bertz CT molecular complexity index is 444. The summed E-state index contributed by atoms with van der Waals surface area (Å²) >= 11 is 2.08. The van der Waals surface area contributed by atoms with E-state index in [1.165, 1.54) is 24.2 Å². The Labute approximate surface area is 126 Å². The summed E-state index contributed by atoms with van der Waals surface area (Å²) in [7, 11) is 3.36. The highest BCUT2D eigenvalue weighted by molar-refractivity contribution is 8.00. The first-order valence-corrected chi connectivity index (χ1v) is 8.22. The molecule has 1 aliphatic heterocycles. The summed E-state index contributed by atoms with van der Waals surface area (Å²) in [5.41, 5.74) is 1.28. The molecular weight excluding hydrogens is 270 g/mol. The first kappa shape index (κ1) is 15.5. The molecule has 4 heteroatoms. The lowest BCUT2D eigenvalue weighted by atomic mass is 9.90. The van der Waals surface area contributed by atoms with Gasteiger partial charge in [0.1, 0.15) is 0 Å². The number of nitrogens with one attached hydrogen (secondary N) is 1. The fraction of sp³-hybridized carbons (Fsp3) is 0.625. The number of ether oxygens (including phenoxy) is 2. The van der Waals surface area contributed by atoms with Crippen LogP contribution in [0.1, 0.15) is 38.3 Å². The van der Waals surface area contributed by atoms with Gasteiger partial charge in [-0.25, -0.2) is 0 Å². The lowest BCUT2D eigenvalue weighted by Gasteiger charge is -2.34. The van der Waals surface area contributed by atoms with E-state index in [-0.39, 0.29) is 4.75 Å². The van der Waals surface area contributed by atoms with Crippen molar-refractivity contribution in [2.75, 3.05) is 26.5 Å². The molecule has 0 saturated carbocycles. The van der Waals surface area contributed by atoms with Gasteiger partial charge >= 0.3 is 0 Å². The van der Waals surface area contributed by atoms with E-state index < -0.39 is 0 Å². The summed E-state index contributed by atoms with van der Waals surface area (Å²) in [4.78, 5) is 0. The van der Waals surface area contributed by atoms with Crippen LogP contribution in [0.3, 0.4) is 0 Å². The fourth-order valence-electron chi connectivity index (χ4n) is 2.95. The summed E-state index contributed by atoms with van der Waals surface area (Å²) in [6.45, 7) is 5.50. The highest BCUT2D eigenvalue weighted by atomic mass is 32.2. The van der Waals surface area contributed by atoms with Crippen molar-refractivity contribution >= 4 is 11.8 Å². The van der Waals surface area contributed by atoms with Crippen molar-refractivity contribution in [2.24, 2.45) is 0 Å². The third-order valence-electron chi connectivity index (χ3n) is 4.01. The first-order valence-electron chi connectivity index (χ1n) is 7.24. The molecule has 0 aliphatic carbocycles. The van der Waals surface area contributed by atoms with Crippen molar-refractivity contribution in [3.63, 3.8) is 0 Å². The maximum atomic E-state index is 5.44. The SMILES string of the molecule is CCNC(c1ccc(OC)c(OC)c1)C1(C)CCCS1. The number of thioether (sulfide) groups is 1. The van der Waals surface area contributed by atoms with Gasteiger partial charge in [-0.15, -0.1) is 0 Å². The quantitative estimate of drug-likeness (QED) is 0.868. The molecule has 1 heterocycles. The molecule has 1 saturated heterocycles. The molecule has 1 fully saturated rings. The molecule has 2 atom stereocenters. The molecule has 0 amide bonds. The van der Waals surface area contributed by atoms with Crippen LogP contribution in [-0.2, 0) is 0 Å². The van der Waals surface area contributed by atoms with Crippen LogP contribution >= 0.6 is 11.8 Å². The molecule has 112 valence electrons. The van der Waals surface area contributed by atoms with E-state index in [9.17, 15) is 0 Å². The molecule has 0 aromatic heterocycles. The minimum atomic E-state index is 0.260. The van der Waals surface area contributed by atoms with E-state index in [4.69, 9.17) is 9.47 Å². The molecule has 3 nitrogen and oxygen atoms in total. The van der Waals surface area contributed by atoms with Crippen LogP contribution < -0.4 is 14.8 Å². The Balaban J connectivity index is 2.34. The first-order chi connectivity index (χ1) is 9.64. The predicted molar refractivity (Wildman–Crippen MR) is 86.1 cm³/mol. The molecular formula is C16H25NO2S. The van der Waals surface area contributed by atoms with Gasteiger partial charge in [-0.3, -0.25) is 0 Å². The van der Waals surface area contributed by atoms with Crippen molar-refractivity contribution in [1.82, 2.24) is 5.32 Å². The Hall–Kier alpha value is -0.870. The molecule has 0 bridgehead atoms. The van der Waals surface area contributed by atoms with Gasteiger partial charge in [-0.1, -0.05) is 13.0 Å². The third-order valence-corrected chi connectivity index (χ3v) is 5.60. The highest BCUT2D eigenvalue weighted by Crippen LogP contribution is 2.47. The summed E-state index contributed by atoms with van der Waals surface area (Å²) in [6.07, 6.45) is 2.56. The highest BCUT2D eigenvalue weighted by Gasteiger charge is 2.38. The summed E-state index contributed by atoms with van der Waals surface area (Å²) in [6, 6.07) is 6.61. The molecule has 20 heavy (non-hydrogen) atoms. The van der Waals surface area contributed by atoms with Crippen LogP contribution in [0, 0.1) is 0 Å². The van der Waals surface area contributed by atoms with Gasteiger partial charge in [0.25, 0.3) is 0 Å². The van der Waals surface area contributed by atoms with Crippen LogP contribution in [0.25, 0.3) is 0 Å². The number of methoxy groups -OCH3 is 2. The van der Waals surface area contributed by atoms with E-state index in [2.05, 4.69) is 43.1 Å². The zero-order chi connectivity index (χ0) is 14.6. The largest absolute Gasteiger partial charge is 0.493 e. The molecule has 1 aromatic rings. The second-order valence-electron chi connectivity index (χ2n) is 5.37. The molecule has 1 N–H and O–H groups in total. The number of hydrogen-bond acceptors (Lipinski definition) is 4. The normalized spacial score (nSPS) is 23.6. The van der Waals surface area contributed by atoms with Crippen LogP contribution in [0.5, 0.6) is 11.5 Å². The molecule has 0 spiro atoms. The van der Waals surface area contributed by atoms with E-state index >= 15 is 0 Å². The third kappa shape index (κ3) is 3.07. The van der Waals surface area contributed by atoms with Gasteiger partial charge in [-0.2, -0.15) is 11.8 Å².